The minimum atomic E-state index is -0.401. The van der Waals surface area contributed by atoms with Crippen molar-refractivity contribution in [2.24, 2.45) is 7.05 Å². The molecule has 0 atom stereocenters. The Morgan fingerprint density at radius 3 is 2.65 bits per heavy atom. The number of allylic oxidation sites excluding steroid dienone is 1. The predicted molar refractivity (Wildman–Crippen MR) is 124 cm³/mol. The summed E-state index contributed by atoms with van der Waals surface area (Å²) in [7, 11) is 5.63. The van der Waals surface area contributed by atoms with Crippen LogP contribution in [0, 0.1) is 11.2 Å². The lowest BCUT2D eigenvalue weighted by molar-refractivity contribution is 0.307. The zero-order valence-electron chi connectivity index (χ0n) is 18.8. The molecule has 0 radical (unpaired) electrons. The van der Waals surface area contributed by atoms with Crippen molar-refractivity contribution in [2.45, 2.75) is 26.8 Å². The molecule has 3 rings (SSSR count). The summed E-state index contributed by atoms with van der Waals surface area (Å²) in [5, 5.41) is 19.8. The van der Waals surface area contributed by atoms with Gasteiger partial charge in [-0.3, -0.25) is 4.68 Å². The molecule has 0 bridgehead atoms. The number of hydrogen-bond acceptors (Lipinski definition) is 5. The van der Waals surface area contributed by atoms with Crippen LogP contribution in [-0.2, 0) is 13.6 Å². The SMILES string of the molecule is CNCc1nn(C)c2ccc(-c3cccc(F)c3OCC/C(C(C)=N)=C(\C)NC)cc12. The Morgan fingerprint density at radius 2 is 1.97 bits per heavy atom. The fraction of sp³-hybridized carbons (Fsp3) is 0.333. The number of fused-ring (bicyclic) bond motifs is 1. The van der Waals surface area contributed by atoms with Gasteiger partial charge in [-0.2, -0.15) is 5.10 Å². The van der Waals surface area contributed by atoms with Gasteiger partial charge in [-0.1, -0.05) is 18.2 Å². The number of rotatable bonds is 9. The van der Waals surface area contributed by atoms with E-state index in [2.05, 4.69) is 15.7 Å². The minimum absolute atomic E-state index is 0.227. The van der Waals surface area contributed by atoms with Gasteiger partial charge in [-0.25, -0.2) is 4.39 Å². The van der Waals surface area contributed by atoms with Gasteiger partial charge in [0.15, 0.2) is 11.6 Å². The molecule has 164 valence electrons. The molecule has 6 nitrogen and oxygen atoms in total. The van der Waals surface area contributed by atoms with E-state index >= 15 is 0 Å². The normalized spacial score (nSPS) is 12.1. The minimum Gasteiger partial charge on any atom is -0.490 e. The Hall–Kier alpha value is -3.19. The highest BCUT2D eigenvalue weighted by atomic mass is 19.1. The highest BCUT2D eigenvalue weighted by Crippen LogP contribution is 2.35. The summed E-state index contributed by atoms with van der Waals surface area (Å²) in [5.74, 6) is -0.174. The number of para-hydroxylation sites is 1. The van der Waals surface area contributed by atoms with Gasteiger partial charge in [0.05, 0.1) is 17.8 Å². The Bertz CT molecular complexity index is 1130. The van der Waals surface area contributed by atoms with E-state index in [4.69, 9.17) is 10.1 Å². The summed E-state index contributed by atoms with van der Waals surface area (Å²) in [6, 6.07) is 11.0. The van der Waals surface area contributed by atoms with Gasteiger partial charge in [0.25, 0.3) is 0 Å². The van der Waals surface area contributed by atoms with E-state index in [9.17, 15) is 4.39 Å². The van der Waals surface area contributed by atoms with Crippen molar-refractivity contribution in [3.05, 3.63) is 59.2 Å². The molecule has 7 heteroatoms. The van der Waals surface area contributed by atoms with E-state index < -0.39 is 5.82 Å². The molecule has 0 unspecified atom stereocenters. The number of benzene rings is 2. The fourth-order valence-corrected chi connectivity index (χ4v) is 3.75. The second kappa shape index (κ2) is 9.75. The number of ether oxygens (including phenoxy) is 1. The molecule has 2 aromatic carbocycles. The van der Waals surface area contributed by atoms with E-state index in [0.29, 0.717) is 24.2 Å². The monoisotopic (exact) mass is 423 g/mol. The average molecular weight is 424 g/mol. The topological polar surface area (TPSA) is 75.0 Å². The molecule has 3 N–H and O–H groups in total. The third-order valence-corrected chi connectivity index (χ3v) is 5.43. The zero-order valence-corrected chi connectivity index (χ0v) is 18.8. The zero-order chi connectivity index (χ0) is 22.5. The lowest BCUT2D eigenvalue weighted by Gasteiger charge is -2.15. The summed E-state index contributed by atoms with van der Waals surface area (Å²) in [6.45, 7) is 4.60. The number of halogens is 1. The van der Waals surface area contributed by atoms with Crippen LogP contribution in [0.15, 0.2) is 47.7 Å². The summed E-state index contributed by atoms with van der Waals surface area (Å²) in [4.78, 5) is 0. The summed E-state index contributed by atoms with van der Waals surface area (Å²) in [5.41, 5.74) is 5.80. The van der Waals surface area contributed by atoms with Crippen LogP contribution in [0.2, 0.25) is 0 Å². The van der Waals surface area contributed by atoms with Crippen molar-refractivity contribution in [3.63, 3.8) is 0 Å². The van der Waals surface area contributed by atoms with E-state index in [1.807, 2.05) is 57.0 Å². The number of nitrogens with one attached hydrogen (secondary N) is 3. The molecule has 0 saturated carbocycles. The Morgan fingerprint density at radius 1 is 1.19 bits per heavy atom. The first-order chi connectivity index (χ1) is 14.9. The maximum absolute atomic E-state index is 14.7. The van der Waals surface area contributed by atoms with Crippen molar-refractivity contribution >= 4 is 16.6 Å². The standard InChI is InChI=1S/C24H30FN5O/c1-15(26)18(16(2)28-4)11-12-31-24-19(7-6-8-21(24)25)17-9-10-23-20(13-17)22(14-27-3)29-30(23)5/h6-10,13,26-28H,11-12,14H2,1-5H3/b18-16-,26-15?. The third kappa shape index (κ3) is 4.77. The summed E-state index contributed by atoms with van der Waals surface area (Å²) >= 11 is 0. The Kier molecular flexibility index (Phi) is 7.07. The molecule has 1 aromatic heterocycles. The van der Waals surface area contributed by atoms with Crippen LogP contribution in [0.3, 0.4) is 0 Å². The van der Waals surface area contributed by atoms with Gasteiger partial charge < -0.3 is 20.8 Å². The largest absolute Gasteiger partial charge is 0.490 e. The average Bonchev–Trinajstić information content (AvgIpc) is 3.06. The number of aromatic nitrogens is 2. The molecular weight excluding hydrogens is 393 g/mol. The fourth-order valence-electron chi connectivity index (χ4n) is 3.75. The van der Waals surface area contributed by atoms with E-state index in [1.54, 1.807) is 13.0 Å². The van der Waals surface area contributed by atoms with Gasteiger partial charge >= 0.3 is 0 Å². The third-order valence-electron chi connectivity index (χ3n) is 5.43. The Balaban J connectivity index is 1.94. The molecule has 3 aromatic rings. The van der Waals surface area contributed by atoms with Crippen LogP contribution in [0.5, 0.6) is 5.75 Å². The molecule has 0 amide bonds. The highest BCUT2D eigenvalue weighted by Gasteiger charge is 2.15. The Labute approximate surface area is 182 Å². The van der Waals surface area contributed by atoms with Crippen LogP contribution in [0.1, 0.15) is 26.0 Å². The van der Waals surface area contributed by atoms with Crippen LogP contribution in [0.25, 0.3) is 22.0 Å². The lowest BCUT2D eigenvalue weighted by Crippen LogP contribution is -2.13. The van der Waals surface area contributed by atoms with Gasteiger partial charge in [0.1, 0.15) is 0 Å². The number of aryl methyl sites for hydroxylation is 1. The van der Waals surface area contributed by atoms with Crippen molar-refractivity contribution in [1.29, 1.82) is 5.41 Å². The second-order valence-electron chi connectivity index (χ2n) is 7.53. The number of hydrogen-bond donors (Lipinski definition) is 3. The van der Waals surface area contributed by atoms with E-state index in [1.165, 1.54) is 6.07 Å². The molecule has 0 aliphatic heterocycles. The molecule has 0 spiro atoms. The number of nitrogens with zero attached hydrogens (tertiary/aromatic N) is 2. The molecule has 0 aliphatic rings. The maximum atomic E-state index is 14.7. The first kappa shape index (κ1) is 22.5. The lowest BCUT2D eigenvalue weighted by atomic mass is 10.0. The predicted octanol–water partition coefficient (Wildman–Crippen LogP) is 4.40. The smallest absolute Gasteiger partial charge is 0.165 e. The molecule has 31 heavy (non-hydrogen) atoms. The van der Waals surface area contributed by atoms with Gasteiger partial charge in [-0.05, 0) is 50.2 Å². The van der Waals surface area contributed by atoms with Crippen molar-refractivity contribution in [2.75, 3.05) is 20.7 Å². The van der Waals surface area contributed by atoms with Crippen molar-refractivity contribution < 1.29 is 9.13 Å². The molecule has 1 heterocycles. The van der Waals surface area contributed by atoms with Crippen LogP contribution >= 0.6 is 0 Å². The first-order valence-corrected chi connectivity index (χ1v) is 10.3. The van der Waals surface area contributed by atoms with Crippen LogP contribution in [0.4, 0.5) is 4.39 Å². The van der Waals surface area contributed by atoms with Crippen LogP contribution in [-0.4, -0.2) is 36.2 Å². The van der Waals surface area contributed by atoms with Crippen molar-refractivity contribution in [3.8, 4) is 16.9 Å². The van der Waals surface area contributed by atoms with E-state index in [0.717, 1.165) is 33.4 Å². The maximum Gasteiger partial charge on any atom is 0.165 e. The van der Waals surface area contributed by atoms with E-state index in [-0.39, 0.29) is 12.4 Å². The molecule has 0 saturated heterocycles. The van der Waals surface area contributed by atoms with Crippen LogP contribution < -0.4 is 15.4 Å². The second-order valence-corrected chi connectivity index (χ2v) is 7.53. The van der Waals surface area contributed by atoms with Gasteiger partial charge in [0.2, 0.25) is 0 Å². The summed E-state index contributed by atoms with van der Waals surface area (Å²) < 4.78 is 22.5. The first-order valence-electron chi connectivity index (χ1n) is 10.3. The summed E-state index contributed by atoms with van der Waals surface area (Å²) in [6.07, 6.45) is 0.518. The molecule has 0 fully saturated rings. The highest BCUT2D eigenvalue weighted by molar-refractivity contribution is 5.96. The van der Waals surface area contributed by atoms with Gasteiger partial charge in [0, 0.05) is 49.4 Å². The molecular formula is C24H30FN5O. The van der Waals surface area contributed by atoms with Crippen molar-refractivity contribution in [1.82, 2.24) is 20.4 Å². The quantitative estimate of drug-likeness (QED) is 0.446. The van der Waals surface area contributed by atoms with Gasteiger partial charge in [-0.15, -0.1) is 0 Å². The molecule has 0 aliphatic carbocycles.